The first kappa shape index (κ1) is 85.6. The van der Waals surface area contributed by atoms with E-state index < -0.39 is 99.4 Å². The normalized spacial score (nSPS) is 11.6. The molecule has 564 valence electrons. The maximum absolute atomic E-state index is 13.0. The van der Waals surface area contributed by atoms with Crippen molar-refractivity contribution >= 4 is 18.3 Å². The minimum Gasteiger partial charge on any atom is -0.619 e. The lowest BCUT2D eigenvalue weighted by Gasteiger charge is -2.19. The second-order valence-electron chi connectivity index (χ2n) is 24.9. The number of carbonyl (C=O) groups excluding carboxylic acids is 3. The van der Waals surface area contributed by atoms with Gasteiger partial charge in [-0.25, -0.2) is 18.8 Å². The SMILES string of the molecule is CC(C)(C)OC(=O)NCCc1ccc(O)cc1.CC(C)(C)OC(=O)NCCc1ccc(Oc2c[n+]([O-])ccc2C(F)(F)F)cc1.CC(C)(C)OC(=O)NCCc1ccc(Oc2cnccc2C(F)(F)F)cc1.Fc1cnccc1C(F)(F)F.NCCc1ccc(Oc2c[n+]([O-])ccc2C(F)(F)F)cc1. The molecule has 0 aliphatic rings. The number of alkyl carbamates (subject to hydrolysis) is 3. The van der Waals surface area contributed by atoms with E-state index in [1.54, 1.807) is 102 Å². The summed E-state index contributed by atoms with van der Waals surface area (Å²) in [5.41, 5.74) is 3.32. The van der Waals surface area contributed by atoms with Crippen LogP contribution in [0.2, 0.25) is 0 Å². The van der Waals surface area contributed by atoms with Crippen molar-refractivity contribution in [3.63, 3.8) is 0 Å². The van der Waals surface area contributed by atoms with Crippen LogP contribution in [-0.2, 0) is 64.6 Å². The molecule has 6 N–H and O–H groups in total. The fourth-order valence-electron chi connectivity index (χ4n) is 8.10. The Morgan fingerprint density at radius 2 is 0.712 bits per heavy atom. The Labute approximate surface area is 590 Å². The highest BCUT2D eigenvalue weighted by Gasteiger charge is 2.38. The molecule has 8 aromatic rings. The van der Waals surface area contributed by atoms with Crippen LogP contribution in [0.4, 0.5) is 71.5 Å². The van der Waals surface area contributed by atoms with Gasteiger partial charge < -0.3 is 65.6 Å². The Balaban J connectivity index is 0.000000283. The molecule has 3 amide bonds. The number of benzene rings is 4. The molecule has 4 heterocycles. The summed E-state index contributed by atoms with van der Waals surface area (Å²) in [4.78, 5) is 41.3. The number of halogens is 13. The number of nitrogens with two attached hydrogens (primary N) is 1. The van der Waals surface area contributed by atoms with E-state index in [0.29, 0.717) is 76.3 Å². The number of alkyl halides is 12. The summed E-state index contributed by atoms with van der Waals surface area (Å²) in [5, 5.41) is 39.5. The quantitative estimate of drug-likeness (QED) is 0.0245. The second kappa shape index (κ2) is 38.4. The topological polar surface area (TPSA) is 269 Å². The van der Waals surface area contributed by atoms with E-state index in [2.05, 4.69) is 25.9 Å². The van der Waals surface area contributed by atoms with Crippen molar-refractivity contribution in [3.8, 4) is 40.2 Å². The molecule has 0 saturated carbocycles. The second-order valence-corrected chi connectivity index (χ2v) is 24.9. The highest BCUT2D eigenvalue weighted by atomic mass is 19.4. The van der Waals surface area contributed by atoms with Crippen molar-refractivity contribution in [3.05, 3.63) is 232 Å². The number of ether oxygens (including phenoxy) is 6. The number of hydrogen-bond acceptors (Lipinski definition) is 15. The van der Waals surface area contributed by atoms with Crippen molar-refractivity contribution < 1.29 is 114 Å². The third kappa shape index (κ3) is 33.3. The number of carbonyl (C=O) groups is 3. The number of amides is 3. The number of nitrogens with one attached hydrogen (secondary N) is 3. The molecule has 0 aliphatic heterocycles. The predicted octanol–water partition coefficient (Wildman–Crippen LogP) is 16.5. The van der Waals surface area contributed by atoms with Crippen LogP contribution >= 0.6 is 0 Å². The third-order valence-corrected chi connectivity index (χ3v) is 12.6. The molecular weight excluding hydrogens is 1400 g/mol. The number of phenolic OH excluding ortho intramolecular Hbond substituents is 1. The lowest BCUT2D eigenvalue weighted by Crippen LogP contribution is -2.33. The predicted molar refractivity (Wildman–Crippen MR) is 353 cm³/mol. The van der Waals surface area contributed by atoms with Crippen LogP contribution in [0.25, 0.3) is 0 Å². The lowest BCUT2D eigenvalue weighted by atomic mass is 10.1. The Hall–Kier alpha value is -10.9. The molecule has 4 aromatic carbocycles. The van der Waals surface area contributed by atoms with Crippen LogP contribution in [0.15, 0.2) is 171 Å². The number of rotatable bonds is 17. The number of phenols is 1. The van der Waals surface area contributed by atoms with Gasteiger partial charge in [0.25, 0.3) is 0 Å². The number of aromatic nitrogens is 4. The molecule has 0 aliphatic carbocycles. The average Bonchev–Trinajstić information content (AvgIpc) is 0.837. The van der Waals surface area contributed by atoms with Gasteiger partial charge in [0, 0.05) is 44.2 Å². The van der Waals surface area contributed by atoms with Crippen LogP contribution in [0, 0.1) is 16.2 Å². The van der Waals surface area contributed by atoms with Gasteiger partial charge in [0.15, 0.2) is 24.0 Å². The average molecular weight is 1480 g/mol. The van der Waals surface area contributed by atoms with Gasteiger partial charge in [0.2, 0.25) is 23.9 Å². The van der Waals surface area contributed by atoms with Crippen LogP contribution in [0.5, 0.6) is 40.2 Å². The van der Waals surface area contributed by atoms with E-state index in [1.807, 2.05) is 32.9 Å². The summed E-state index contributed by atoms with van der Waals surface area (Å²) in [7, 11) is 0. The first-order chi connectivity index (χ1) is 48.3. The molecule has 0 fully saturated rings. The lowest BCUT2D eigenvalue weighted by molar-refractivity contribution is -0.606. The standard InChI is InChI=1S/C19H21F3N2O4.C19H21F3N2O3.C14H13F3N2O2.C13H19NO3.C6H3F4N/c1-18(2,3)28-17(25)23-10-8-13-4-6-14(7-5-13)27-16-12-24(26)11-9-15(16)19(20,21)22;1-18(2,3)27-17(25)24-11-8-13-4-6-14(7-5-13)26-16-12-23-10-9-15(16)19(20,21)22;15-14(16,17)12-6-8-19(20)9-13(12)21-11-3-1-10(2-4-11)5-7-18;1-13(2,3)17-12(16)14-9-8-10-4-6-11(15)7-5-10;7-5-3-11-2-1-4(5)6(8,9)10/h4-7,9,11-12H,8,10H2,1-3H3,(H,23,25);4-7,9-10,12H,8,11H2,1-3H3,(H,24,25);1-4,6,8-9H,5,7,18H2;4-7,15H,8-9H2,1-3H3,(H,14,16);1-3H. The van der Waals surface area contributed by atoms with Gasteiger partial charge in [0.05, 0.1) is 18.0 Å². The van der Waals surface area contributed by atoms with Crippen molar-refractivity contribution in [1.82, 2.24) is 25.9 Å². The van der Waals surface area contributed by atoms with Crippen molar-refractivity contribution in [2.45, 2.75) is 130 Å². The van der Waals surface area contributed by atoms with Gasteiger partial charge in [0.1, 0.15) is 56.5 Å². The fraction of sp³-hybridized carbons (Fsp3) is 0.338. The molecular formula is C71H77F13N8O12. The Morgan fingerprint density at radius 3 is 1.01 bits per heavy atom. The van der Waals surface area contributed by atoms with Gasteiger partial charge in [-0.1, -0.05) is 48.5 Å². The van der Waals surface area contributed by atoms with E-state index in [0.717, 1.165) is 71.7 Å². The number of aromatic hydroxyl groups is 1. The van der Waals surface area contributed by atoms with Gasteiger partial charge in [-0.15, -0.1) is 0 Å². The highest BCUT2D eigenvalue weighted by Crippen LogP contribution is 2.40. The fourth-order valence-corrected chi connectivity index (χ4v) is 8.10. The maximum Gasteiger partial charge on any atom is 0.420 e. The first-order valence-electron chi connectivity index (χ1n) is 31.2. The molecule has 20 nitrogen and oxygen atoms in total. The number of pyridine rings is 4. The zero-order valence-electron chi connectivity index (χ0n) is 57.5. The molecule has 0 bridgehead atoms. The molecule has 0 saturated heterocycles. The van der Waals surface area contributed by atoms with Gasteiger partial charge in [-0.2, -0.15) is 62.1 Å². The Morgan fingerprint density at radius 1 is 0.423 bits per heavy atom. The van der Waals surface area contributed by atoms with Gasteiger partial charge >= 0.3 is 43.0 Å². The summed E-state index contributed by atoms with van der Waals surface area (Å²) in [6.45, 7) is 17.8. The molecule has 0 atom stereocenters. The molecule has 0 spiro atoms. The monoisotopic (exact) mass is 1480 g/mol. The third-order valence-electron chi connectivity index (χ3n) is 12.6. The van der Waals surface area contributed by atoms with Crippen molar-refractivity contribution in [1.29, 1.82) is 0 Å². The van der Waals surface area contributed by atoms with Crippen LogP contribution in [0.3, 0.4) is 0 Å². The van der Waals surface area contributed by atoms with E-state index in [-0.39, 0.29) is 38.2 Å². The summed E-state index contributed by atoms with van der Waals surface area (Å²) < 4.78 is 196. The number of nitrogens with zero attached hydrogens (tertiary/aromatic N) is 4. The van der Waals surface area contributed by atoms with E-state index in [1.165, 1.54) is 24.3 Å². The summed E-state index contributed by atoms with van der Waals surface area (Å²) in [6, 6.07) is 29.1. The molecule has 104 heavy (non-hydrogen) atoms. The molecule has 4 aromatic heterocycles. The molecule has 33 heteroatoms. The molecule has 8 rings (SSSR count). The maximum atomic E-state index is 13.0. The van der Waals surface area contributed by atoms with Crippen LogP contribution in [0.1, 0.15) is 107 Å². The number of hydrogen-bond donors (Lipinski definition) is 5. The van der Waals surface area contributed by atoms with Gasteiger partial charge in [-0.3, -0.25) is 9.97 Å². The Kier molecular flexibility index (Phi) is 31.6. The van der Waals surface area contributed by atoms with Crippen molar-refractivity contribution in [2.24, 2.45) is 5.73 Å². The van der Waals surface area contributed by atoms with Gasteiger partial charge in [-0.05, 0) is 177 Å². The zero-order chi connectivity index (χ0) is 77.9. The minimum absolute atomic E-state index is 0.153. The Bertz CT molecular complexity index is 3980. The van der Waals surface area contributed by atoms with E-state index in [4.69, 9.17) is 39.3 Å². The zero-order valence-corrected chi connectivity index (χ0v) is 57.5. The van der Waals surface area contributed by atoms with Crippen LogP contribution < -0.4 is 45.4 Å². The van der Waals surface area contributed by atoms with E-state index >= 15 is 0 Å². The summed E-state index contributed by atoms with van der Waals surface area (Å²) in [6.07, 6.45) is -10.9. The largest absolute Gasteiger partial charge is 0.619 e. The minimum atomic E-state index is -4.64. The molecule has 0 unspecified atom stereocenters. The highest BCUT2D eigenvalue weighted by molar-refractivity contribution is 5.68. The van der Waals surface area contributed by atoms with E-state index in [9.17, 15) is 81.9 Å². The van der Waals surface area contributed by atoms with Crippen molar-refractivity contribution in [2.75, 3.05) is 26.2 Å². The molecule has 0 radical (unpaired) electrons. The summed E-state index contributed by atoms with van der Waals surface area (Å²) >= 11 is 0. The van der Waals surface area contributed by atoms with Crippen LogP contribution in [-0.4, -0.2) is 76.3 Å². The summed E-state index contributed by atoms with van der Waals surface area (Å²) in [5.74, 6) is -1.94. The first-order valence-corrected chi connectivity index (χ1v) is 31.2. The smallest absolute Gasteiger partial charge is 0.420 e.